The van der Waals surface area contributed by atoms with Crippen molar-refractivity contribution >= 4 is 11.6 Å². The molecule has 0 spiro atoms. The summed E-state index contributed by atoms with van der Waals surface area (Å²) in [5.41, 5.74) is 0. The molecule has 0 saturated heterocycles. The summed E-state index contributed by atoms with van der Waals surface area (Å²) >= 11 is 0. The van der Waals surface area contributed by atoms with Gasteiger partial charge in [-0.05, 0) is 12.8 Å². The van der Waals surface area contributed by atoms with Crippen LogP contribution in [0.15, 0.2) is 0 Å². The summed E-state index contributed by atoms with van der Waals surface area (Å²) in [7, 11) is 0. The smallest absolute Gasteiger partial charge is 0.140 e. The third-order valence-corrected chi connectivity index (χ3v) is 4.01. The zero-order valence-corrected chi connectivity index (χ0v) is 14.4. The minimum absolute atomic E-state index is 0.154. The Kier molecular flexibility index (Phi) is 15.2. The van der Waals surface area contributed by atoms with E-state index in [4.69, 9.17) is 0 Å². The van der Waals surface area contributed by atoms with E-state index in [2.05, 4.69) is 13.8 Å². The lowest BCUT2D eigenvalue weighted by Gasteiger charge is -2.02. The second-order valence-electron chi connectivity index (χ2n) is 6.29. The predicted octanol–water partition coefficient (Wildman–Crippen LogP) is 6.02. The molecule has 0 atom stereocenters. The molecule has 0 radical (unpaired) electrons. The summed E-state index contributed by atoms with van der Waals surface area (Å²) in [4.78, 5) is 23.4. The molecule has 21 heavy (non-hydrogen) atoms. The van der Waals surface area contributed by atoms with Crippen molar-refractivity contribution in [3.05, 3.63) is 0 Å². The first kappa shape index (κ1) is 20.3. The summed E-state index contributed by atoms with van der Waals surface area (Å²) in [5, 5.41) is 0. The van der Waals surface area contributed by atoms with Crippen molar-refractivity contribution in [2.24, 2.45) is 0 Å². The van der Waals surface area contributed by atoms with Crippen LogP contribution >= 0.6 is 0 Å². The van der Waals surface area contributed by atoms with Crippen molar-refractivity contribution in [1.29, 1.82) is 0 Å². The summed E-state index contributed by atoms with van der Waals surface area (Å²) in [6, 6.07) is 0. The molecule has 0 aliphatic rings. The van der Waals surface area contributed by atoms with E-state index in [-0.39, 0.29) is 18.0 Å². The molecular weight excluding hydrogens is 260 g/mol. The molecule has 0 bridgehead atoms. The van der Waals surface area contributed by atoms with E-state index >= 15 is 0 Å². The monoisotopic (exact) mass is 296 g/mol. The summed E-state index contributed by atoms with van der Waals surface area (Å²) < 4.78 is 0. The van der Waals surface area contributed by atoms with Gasteiger partial charge < -0.3 is 0 Å². The van der Waals surface area contributed by atoms with Gasteiger partial charge in [-0.2, -0.15) is 0 Å². The van der Waals surface area contributed by atoms with Crippen LogP contribution in [0.3, 0.4) is 0 Å². The van der Waals surface area contributed by atoms with Gasteiger partial charge in [-0.1, -0.05) is 78.1 Å². The van der Waals surface area contributed by atoms with Crippen molar-refractivity contribution in [2.75, 3.05) is 0 Å². The molecule has 0 aliphatic heterocycles. The van der Waals surface area contributed by atoms with Crippen LogP contribution in [0.5, 0.6) is 0 Å². The first-order valence-electron chi connectivity index (χ1n) is 9.24. The van der Waals surface area contributed by atoms with Crippen molar-refractivity contribution in [1.82, 2.24) is 0 Å². The van der Waals surface area contributed by atoms with Gasteiger partial charge in [0, 0.05) is 12.8 Å². The van der Waals surface area contributed by atoms with E-state index in [1.807, 2.05) is 0 Å². The lowest BCUT2D eigenvalue weighted by molar-refractivity contribution is -0.127. The highest BCUT2D eigenvalue weighted by Crippen LogP contribution is 2.10. The average molecular weight is 296 g/mol. The van der Waals surface area contributed by atoms with Crippen LogP contribution in [0.4, 0.5) is 0 Å². The van der Waals surface area contributed by atoms with Crippen LogP contribution in [0.25, 0.3) is 0 Å². The van der Waals surface area contributed by atoms with E-state index in [0.717, 1.165) is 25.7 Å². The topological polar surface area (TPSA) is 34.1 Å². The fourth-order valence-electron chi connectivity index (χ4n) is 2.60. The van der Waals surface area contributed by atoms with E-state index in [0.29, 0.717) is 12.8 Å². The second-order valence-corrected chi connectivity index (χ2v) is 6.29. The van der Waals surface area contributed by atoms with Crippen LogP contribution in [0.2, 0.25) is 0 Å². The molecule has 0 saturated carbocycles. The van der Waals surface area contributed by atoms with Gasteiger partial charge in [-0.15, -0.1) is 0 Å². The van der Waals surface area contributed by atoms with Gasteiger partial charge in [0.25, 0.3) is 0 Å². The van der Waals surface area contributed by atoms with Gasteiger partial charge in [-0.3, -0.25) is 9.59 Å². The molecule has 2 heteroatoms. The van der Waals surface area contributed by atoms with Crippen LogP contribution in [-0.4, -0.2) is 11.6 Å². The molecule has 0 aromatic rings. The third kappa shape index (κ3) is 15.5. The number of ketones is 2. The molecule has 0 aromatic carbocycles. The number of rotatable bonds is 16. The fraction of sp³-hybridized carbons (Fsp3) is 0.895. The maximum absolute atomic E-state index is 11.7. The highest BCUT2D eigenvalue weighted by Gasteiger charge is 2.09. The predicted molar refractivity (Wildman–Crippen MR) is 90.6 cm³/mol. The highest BCUT2D eigenvalue weighted by molar-refractivity contribution is 5.98. The first-order valence-corrected chi connectivity index (χ1v) is 9.24. The number of hydrogen-bond donors (Lipinski definition) is 0. The van der Waals surface area contributed by atoms with Gasteiger partial charge in [0.1, 0.15) is 11.6 Å². The molecule has 124 valence electrons. The van der Waals surface area contributed by atoms with Crippen LogP contribution in [0, 0.1) is 0 Å². The Morgan fingerprint density at radius 2 is 0.857 bits per heavy atom. The second kappa shape index (κ2) is 15.7. The Balaban J connectivity index is 3.38. The Morgan fingerprint density at radius 1 is 0.524 bits per heavy atom. The quantitative estimate of drug-likeness (QED) is 0.258. The normalized spacial score (nSPS) is 10.8. The highest BCUT2D eigenvalue weighted by atomic mass is 16.1. The first-order chi connectivity index (χ1) is 10.2. The van der Waals surface area contributed by atoms with Gasteiger partial charge in [0.05, 0.1) is 6.42 Å². The van der Waals surface area contributed by atoms with Crippen LogP contribution < -0.4 is 0 Å². The Hall–Kier alpha value is -0.660. The van der Waals surface area contributed by atoms with E-state index < -0.39 is 0 Å². The standard InChI is InChI=1S/C19H36O2/c1-3-5-7-9-11-13-15-18(20)17-19(21)16-14-12-10-8-6-4-2/h3-17H2,1-2H3. The maximum atomic E-state index is 11.7. The minimum Gasteiger partial charge on any atom is -0.299 e. The molecule has 0 aromatic heterocycles. The molecule has 0 unspecified atom stereocenters. The molecule has 0 heterocycles. The third-order valence-electron chi connectivity index (χ3n) is 4.01. The SMILES string of the molecule is CCCCCCCCC(=O)CC(=O)CCCCCCCC. The lowest BCUT2D eigenvalue weighted by atomic mass is 10.0. The number of carbonyl (C=O) groups excluding carboxylic acids is 2. The Labute approximate surface area is 132 Å². The number of carbonyl (C=O) groups is 2. The molecule has 0 rings (SSSR count). The van der Waals surface area contributed by atoms with Gasteiger partial charge >= 0.3 is 0 Å². The zero-order chi connectivity index (χ0) is 15.8. The zero-order valence-electron chi connectivity index (χ0n) is 14.4. The van der Waals surface area contributed by atoms with Gasteiger partial charge in [0.15, 0.2) is 0 Å². The van der Waals surface area contributed by atoms with Crippen molar-refractivity contribution in [3.63, 3.8) is 0 Å². The molecule has 0 fully saturated rings. The fourth-order valence-corrected chi connectivity index (χ4v) is 2.60. The molecule has 0 N–H and O–H groups in total. The van der Waals surface area contributed by atoms with Crippen molar-refractivity contribution in [2.45, 2.75) is 110 Å². The summed E-state index contributed by atoms with van der Waals surface area (Å²) in [6.45, 7) is 4.41. The summed E-state index contributed by atoms with van der Waals surface area (Å²) in [6.07, 6.45) is 15.7. The van der Waals surface area contributed by atoms with E-state index in [1.165, 1.54) is 51.4 Å². The largest absolute Gasteiger partial charge is 0.299 e. The number of Topliss-reactive ketones (excluding diaryl/α,β-unsaturated/α-hetero) is 2. The molecule has 0 aliphatic carbocycles. The van der Waals surface area contributed by atoms with E-state index in [1.54, 1.807) is 0 Å². The van der Waals surface area contributed by atoms with Crippen molar-refractivity contribution in [3.8, 4) is 0 Å². The molecule has 2 nitrogen and oxygen atoms in total. The molecular formula is C19H36O2. The molecule has 0 amide bonds. The Morgan fingerprint density at radius 3 is 1.24 bits per heavy atom. The van der Waals surface area contributed by atoms with Gasteiger partial charge in [0.2, 0.25) is 0 Å². The van der Waals surface area contributed by atoms with Crippen LogP contribution in [-0.2, 0) is 9.59 Å². The Bertz CT molecular complexity index is 232. The minimum atomic E-state index is 0.154. The summed E-state index contributed by atoms with van der Waals surface area (Å²) in [5.74, 6) is 0.308. The lowest BCUT2D eigenvalue weighted by Crippen LogP contribution is -2.07. The number of unbranched alkanes of at least 4 members (excludes halogenated alkanes) is 10. The average Bonchev–Trinajstić information content (AvgIpc) is 2.46. The maximum Gasteiger partial charge on any atom is 0.140 e. The number of hydrogen-bond acceptors (Lipinski definition) is 2. The van der Waals surface area contributed by atoms with Crippen LogP contribution in [0.1, 0.15) is 110 Å². The van der Waals surface area contributed by atoms with Crippen molar-refractivity contribution < 1.29 is 9.59 Å². The van der Waals surface area contributed by atoms with E-state index in [9.17, 15) is 9.59 Å². The van der Waals surface area contributed by atoms with Gasteiger partial charge in [-0.25, -0.2) is 0 Å².